The minimum atomic E-state index is -1.24. The second-order valence-electron chi connectivity index (χ2n) is 5.85. The zero-order valence-electron chi connectivity index (χ0n) is 15.2. The fourth-order valence-corrected chi connectivity index (χ4v) is 2.88. The Kier molecular flexibility index (Phi) is 7.01. The van der Waals surface area contributed by atoms with Crippen LogP contribution in [-0.4, -0.2) is 24.1 Å². The minimum absolute atomic E-state index is 0.232. The van der Waals surface area contributed by atoms with Crippen molar-refractivity contribution in [2.45, 2.75) is 20.5 Å². The molecule has 0 aliphatic heterocycles. The zero-order chi connectivity index (χ0) is 20.0. The van der Waals surface area contributed by atoms with E-state index < -0.39 is 11.9 Å². The number of benzene rings is 2. The average molecular weight is 434 g/mol. The van der Waals surface area contributed by atoms with Gasteiger partial charge in [-0.3, -0.25) is 4.79 Å². The summed E-state index contributed by atoms with van der Waals surface area (Å²) in [5.41, 5.74) is 2.48. The topological polar surface area (TPSA) is 84.9 Å². The number of carboxylic acid groups (broad SMARTS) is 1. The van der Waals surface area contributed by atoms with E-state index in [1.807, 2.05) is 31.2 Å². The molecule has 0 saturated carbocycles. The van der Waals surface area contributed by atoms with Crippen LogP contribution in [0.15, 0.2) is 46.6 Å². The molecule has 1 amide bonds. The van der Waals surface area contributed by atoms with Gasteiger partial charge in [0.1, 0.15) is 12.3 Å². The molecule has 0 fully saturated rings. The van der Waals surface area contributed by atoms with Crippen LogP contribution in [0.25, 0.3) is 6.08 Å². The lowest BCUT2D eigenvalue weighted by molar-refractivity contribution is -0.134. The molecule has 2 N–H and O–H groups in total. The van der Waals surface area contributed by atoms with E-state index in [-0.39, 0.29) is 5.70 Å². The Morgan fingerprint density at radius 3 is 2.44 bits per heavy atom. The maximum atomic E-state index is 11.3. The minimum Gasteiger partial charge on any atom is -0.493 e. The van der Waals surface area contributed by atoms with E-state index in [9.17, 15) is 14.7 Å². The van der Waals surface area contributed by atoms with E-state index in [2.05, 4.69) is 21.2 Å². The Balaban J connectivity index is 2.29. The van der Waals surface area contributed by atoms with E-state index in [4.69, 9.17) is 9.47 Å². The zero-order valence-corrected chi connectivity index (χ0v) is 16.8. The fourth-order valence-electron chi connectivity index (χ4n) is 2.31. The summed E-state index contributed by atoms with van der Waals surface area (Å²) in [6, 6.07) is 11.3. The first-order valence-corrected chi connectivity index (χ1v) is 8.88. The molecule has 27 heavy (non-hydrogen) atoms. The Bertz CT molecular complexity index is 875. The van der Waals surface area contributed by atoms with Gasteiger partial charge < -0.3 is 19.9 Å². The Morgan fingerprint density at radius 1 is 1.22 bits per heavy atom. The molecule has 0 aliphatic rings. The van der Waals surface area contributed by atoms with Crippen molar-refractivity contribution >= 4 is 33.9 Å². The van der Waals surface area contributed by atoms with Gasteiger partial charge in [-0.2, -0.15) is 0 Å². The second-order valence-corrected chi connectivity index (χ2v) is 6.71. The molecule has 0 aromatic heterocycles. The molecule has 2 aromatic rings. The van der Waals surface area contributed by atoms with Gasteiger partial charge in [-0.05, 0) is 52.2 Å². The number of carbonyl (C=O) groups excluding carboxylic acids is 1. The SMILES string of the molecule is COc1cc(C=C(NC(C)=O)C(=O)O)cc(Br)c1OCc1ccc(C)cc1. The number of hydrogen-bond acceptors (Lipinski definition) is 4. The second kappa shape index (κ2) is 9.23. The third-order valence-electron chi connectivity index (χ3n) is 3.61. The van der Waals surface area contributed by atoms with Crippen LogP contribution in [0.5, 0.6) is 11.5 Å². The average Bonchev–Trinajstić information content (AvgIpc) is 2.60. The number of amides is 1. The molecule has 0 atom stereocenters. The summed E-state index contributed by atoms with van der Waals surface area (Å²) in [5.74, 6) is -0.755. The summed E-state index contributed by atoms with van der Waals surface area (Å²) in [4.78, 5) is 22.4. The van der Waals surface area contributed by atoms with Crippen LogP contribution >= 0.6 is 15.9 Å². The maximum Gasteiger partial charge on any atom is 0.352 e. The first-order chi connectivity index (χ1) is 12.8. The number of aliphatic carboxylic acids is 1. The lowest BCUT2D eigenvalue weighted by Gasteiger charge is -2.14. The first-order valence-electron chi connectivity index (χ1n) is 8.08. The molecule has 0 bridgehead atoms. The highest BCUT2D eigenvalue weighted by Gasteiger charge is 2.14. The molecule has 0 aliphatic carbocycles. The summed E-state index contributed by atoms with van der Waals surface area (Å²) < 4.78 is 11.9. The van der Waals surface area contributed by atoms with Gasteiger partial charge in [0, 0.05) is 6.92 Å². The Labute approximate surface area is 165 Å². The molecule has 7 heteroatoms. The van der Waals surface area contributed by atoms with Crippen molar-refractivity contribution in [1.82, 2.24) is 5.32 Å². The van der Waals surface area contributed by atoms with Crippen LogP contribution in [0.3, 0.4) is 0 Å². The predicted octanol–water partition coefficient (Wildman–Crippen LogP) is 3.91. The first kappa shape index (κ1) is 20.5. The van der Waals surface area contributed by atoms with Crippen molar-refractivity contribution in [2.24, 2.45) is 0 Å². The summed E-state index contributed by atoms with van der Waals surface area (Å²) in [5, 5.41) is 11.5. The number of rotatable bonds is 7. The van der Waals surface area contributed by atoms with Gasteiger partial charge in [0.05, 0.1) is 11.6 Å². The number of halogens is 1. The van der Waals surface area contributed by atoms with Crippen LogP contribution in [0.4, 0.5) is 0 Å². The Hall–Kier alpha value is -2.80. The molecule has 0 radical (unpaired) electrons. The molecule has 142 valence electrons. The van der Waals surface area contributed by atoms with Gasteiger partial charge in [0.2, 0.25) is 5.91 Å². The number of hydrogen-bond donors (Lipinski definition) is 2. The third-order valence-corrected chi connectivity index (χ3v) is 4.20. The number of aryl methyl sites for hydroxylation is 1. The number of carbonyl (C=O) groups is 2. The van der Waals surface area contributed by atoms with Gasteiger partial charge in [0.25, 0.3) is 0 Å². The normalized spacial score (nSPS) is 11.0. The highest BCUT2D eigenvalue weighted by Crippen LogP contribution is 2.37. The van der Waals surface area contributed by atoms with Crippen molar-refractivity contribution < 1.29 is 24.2 Å². The van der Waals surface area contributed by atoms with Gasteiger partial charge in [-0.15, -0.1) is 0 Å². The van der Waals surface area contributed by atoms with E-state index in [0.29, 0.717) is 28.1 Å². The van der Waals surface area contributed by atoms with Crippen LogP contribution in [0, 0.1) is 6.92 Å². The van der Waals surface area contributed by atoms with Crippen molar-refractivity contribution in [1.29, 1.82) is 0 Å². The van der Waals surface area contributed by atoms with Crippen molar-refractivity contribution in [3.05, 3.63) is 63.3 Å². The van der Waals surface area contributed by atoms with Gasteiger partial charge in [-0.1, -0.05) is 29.8 Å². The van der Waals surface area contributed by atoms with E-state index >= 15 is 0 Å². The van der Waals surface area contributed by atoms with Gasteiger partial charge >= 0.3 is 5.97 Å². The predicted molar refractivity (Wildman–Crippen MR) is 106 cm³/mol. The van der Waals surface area contributed by atoms with Crippen LogP contribution in [0.2, 0.25) is 0 Å². The molecular formula is C20H20BrNO5. The summed E-state index contributed by atoms with van der Waals surface area (Å²) in [6.45, 7) is 3.62. The van der Waals surface area contributed by atoms with Gasteiger partial charge in [0.15, 0.2) is 11.5 Å². The number of nitrogens with one attached hydrogen (secondary N) is 1. The molecule has 0 saturated heterocycles. The third kappa shape index (κ3) is 5.86. The molecular weight excluding hydrogens is 414 g/mol. The molecule has 0 heterocycles. The molecule has 6 nitrogen and oxygen atoms in total. The van der Waals surface area contributed by atoms with Crippen molar-refractivity contribution in [2.75, 3.05) is 7.11 Å². The fraction of sp³-hybridized carbons (Fsp3) is 0.200. The van der Waals surface area contributed by atoms with Crippen LogP contribution in [-0.2, 0) is 16.2 Å². The molecule has 0 unspecified atom stereocenters. The standard InChI is InChI=1S/C20H20BrNO5/c1-12-4-6-14(7-5-12)11-27-19-16(21)8-15(10-18(19)26-3)9-17(20(24)25)22-13(2)23/h4-10H,11H2,1-3H3,(H,22,23)(H,24,25). The number of ether oxygens (including phenoxy) is 2. The van der Waals surface area contributed by atoms with Crippen LogP contribution in [0.1, 0.15) is 23.6 Å². The number of carboxylic acids is 1. The number of methoxy groups -OCH3 is 1. The van der Waals surface area contributed by atoms with Crippen LogP contribution < -0.4 is 14.8 Å². The molecule has 2 aromatic carbocycles. The Morgan fingerprint density at radius 2 is 1.89 bits per heavy atom. The highest BCUT2D eigenvalue weighted by atomic mass is 79.9. The van der Waals surface area contributed by atoms with Gasteiger partial charge in [-0.25, -0.2) is 4.79 Å². The van der Waals surface area contributed by atoms with Crippen molar-refractivity contribution in [3.63, 3.8) is 0 Å². The smallest absolute Gasteiger partial charge is 0.352 e. The monoisotopic (exact) mass is 433 g/mol. The summed E-state index contributed by atoms with van der Waals surface area (Å²) in [6.07, 6.45) is 1.35. The molecule has 0 spiro atoms. The molecule has 2 rings (SSSR count). The van der Waals surface area contributed by atoms with Crippen molar-refractivity contribution in [3.8, 4) is 11.5 Å². The largest absolute Gasteiger partial charge is 0.493 e. The maximum absolute atomic E-state index is 11.3. The van der Waals surface area contributed by atoms with E-state index in [0.717, 1.165) is 5.56 Å². The van der Waals surface area contributed by atoms with E-state index in [1.165, 1.54) is 25.7 Å². The quantitative estimate of drug-likeness (QED) is 0.646. The highest BCUT2D eigenvalue weighted by molar-refractivity contribution is 9.10. The summed E-state index contributed by atoms with van der Waals surface area (Å²) in [7, 11) is 1.50. The summed E-state index contributed by atoms with van der Waals surface area (Å²) >= 11 is 3.43. The lowest BCUT2D eigenvalue weighted by Crippen LogP contribution is -2.24. The van der Waals surface area contributed by atoms with E-state index in [1.54, 1.807) is 12.1 Å². The lowest BCUT2D eigenvalue weighted by atomic mass is 10.1.